The van der Waals surface area contributed by atoms with E-state index in [1.807, 2.05) is 13.8 Å². The number of hydrogen-bond donors (Lipinski definition) is 1. The van der Waals surface area contributed by atoms with Crippen molar-refractivity contribution in [3.05, 3.63) is 0 Å². The summed E-state index contributed by atoms with van der Waals surface area (Å²) in [4.78, 5) is 2.18. The first-order valence-corrected chi connectivity index (χ1v) is 9.09. The Morgan fingerprint density at radius 1 is 1.20 bits per heavy atom. The molecule has 0 aliphatic rings. The van der Waals surface area contributed by atoms with Crippen molar-refractivity contribution in [2.24, 2.45) is 23.2 Å². The molecule has 2 atom stereocenters. The van der Waals surface area contributed by atoms with Crippen molar-refractivity contribution in [3.63, 3.8) is 0 Å². The van der Waals surface area contributed by atoms with Gasteiger partial charge in [0.2, 0.25) is 0 Å². The van der Waals surface area contributed by atoms with Gasteiger partial charge in [-0.25, -0.2) is 0 Å². The molecule has 0 saturated heterocycles. The van der Waals surface area contributed by atoms with Gasteiger partial charge in [0.15, 0.2) is 0 Å². The minimum atomic E-state index is -3.91. The molecule has 0 amide bonds. The number of nitrogens with zero attached hydrogens (tertiary/aromatic N) is 1. The summed E-state index contributed by atoms with van der Waals surface area (Å²) in [6, 6.07) is 0. The molecule has 0 aromatic rings. The maximum atomic E-state index is 11.2. The van der Waals surface area contributed by atoms with Gasteiger partial charge < -0.3 is 4.90 Å². The Morgan fingerprint density at radius 3 is 2.00 bits per heavy atom. The molecule has 0 fully saturated rings. The first-order chi connectivity index (χ1) is 8.89. The fourth-order valence-electron chi connectivity index (χ4n) is 2.97. The molecule has 0 aromatic heterocycles. The quantitative estimate of drug-likeness (QED) is 0.665. The first kappa shape index (κ1) is 19.9. The Balaban J connectivity index is 4.98. The van der Waals surface area contributed by atoms with E-state index in [-0.39, 0.29) is 23.0 Å². The van der Waals surface area contributed by atoms with E-state index in [0.717, 1.165) is 19.4 Å². The van der Waals surface area contributed by atoms with Crippen molar-refractivity contribution in [3.8, 4) is 0 Å². The Bertz CT molecular complexity index is 375. The van der Waals surface area contributed by atoms with Crippen molar-refractivity contribution >= 4 is 10.1 Å². The summed E-state index contributed by atoms with van der Waals surface area (Å²) in [6.07, 6.45) is 1.89. The molecule has 0 bridgehead atoms. The molecule has 2 unspecified atom stereocenters. The molecule has 0 rings (SSSR count). The van der Waals surface area contributed by atoms with Crippen LogP contribution in [0.15, 0.2) is 0 Å². The average Bonchev–Trinajstić information content (AvgIpc) is 2.21. The zero-order valence-electron chi connectivity index (χ0n) is 14.2. The van der Waals surface area contributed by atoms with Gasteiger partial charge in [-0.2, -0.15) is 8.42 Å². The molecule has 0 aliphatic carbocycles. The SMILES string of the molecule is CCC(CN(C)C)C(C)(C)CC(CS(=O)(=O)O)C(C)C. The minimum Gasteiger partial charge on any atom is -0.309 e. The topological polar surface area (TPSA) is 57.6 Å². The van der Waals surface area contributed by atoms with Gasteiger partial charge in [-0.15, -0.1) is 0 Å². The normalized spacial score (nSPS) is 16.7. The van der Waals surface area contributed by atoms with Gasteiger partial charge in [-0.3, -0.25) is 4.55 Å². The zero-order chi connectivity index (χ0) is 16.1. The summed E-state index contributed by atoms with van der Waals surface area (Å²) in [7, 11) is 0.226. The highest BCUT2D eigenvalue weighted by molar-refractivity contribution is 7.85. The highest BCUT2D eigenvalue weighted by atomic mass is 32.2. The summed E-state index contributed by atoms with van der Waals surface area (Å²) in [6.45, 7) is 11.7. The lowest BCUT2D eigenvalue weighted by Gasteiger charge is -2.39. The van der Waals surface area contributed by atoms with Crippen LogP contribution in [0.1, 0.15) is 47.5 Å². The minimum absolute atomic E-state index is 0.00351. The zero-order valence-corrected chi connectivity index (χ0v) is 15.0. The van der Waals surface area contributed by atoms with Crippen LogP contribution in [-0.4, -0.2) is 44.3 Å². The second-order valence-electron chi connectivity index (χ2n) is 7.31. The van der Waals surface area contributed by atoms with Gasteiger partial charge >= 0.3 is 0 Å². The van der Waals surface area contributed by atoms with Crippen LogP contribution in [0.25, 0.3) is 0 Å². The third-order valence-electron chi connectivity index (χ3n) is 4.34. The summed E-state index contributed by atoms with van der Waals surface area (Å²) in [5.74, 6) is 0.622. The molecule has 0 spiro atoms. The molecule has 20 heavy (non-hydrogen) atoms. The Kier molecular flexibility index (Phi) is 7.71. The van der Waals surface area contributed by atoms with Crippen LogP contribution in [-0.2, 0) is 10.1 Å². The molecule has 4 nitrogen and oxygen atoms in total. The van der Waals surface area contributed by atoms with Crippen LogP contribution in [0.2, 0.25) is 0 Å². The van der Waals surface area contributed by atoms with Crippen LogP contribution in [0.4, 0.5) is 0 Å². The second kappa shape index (κ2) is 7.76. The van der Waals surface area contributed by atoms with Crippen molar-refractivity contribution < 1.29 is 13.0 Å². The van der Waals surface area contributed by atoms with Gasteiger partial charge in [0.1, 0.15) is 0 Å². The molecule has 1 N–H and O–H groups in total. The van der Waals surface area contributed by atoms with Gasteiger partial charge in [0.25, 0.3) is 10.1 Å². The molecule has 122 valence electrons. The Morgan fingerprint density at radius 2 is 1.70 bits per heavy atom. The smallest absolute Gasteiger partial charge is 0.265 e. The van der Waals surface area contributed by atoms with E-state index in [4.69, 9.17) is 4.55 Å². The summed E-state index contributed by atoms with van der Waals surface area (Å²) in [5, 5.41) is 0. The highest BCUT2D eigenvalue weighted by Gasteiger charge is 2.33. The van der Waals surface area contributed by atoms with E-state index < -0.39 is 10.1 Å². The van der Waals surface area contributed by atoms with Crippen LogP contribution < -0.4 is 0 Å². The van der Waals surface area contributed by atoms with Gasteiger partial charge in [-0.05, 0) is 43.7 Å². The van der Waals surface area contributed by atoms with E-state index >= 15 is 0 Å². The third kappa shape index (κ3) is 7.60. The maximum Gasteiger partial charge on any atom is 0.265 e. The fourth-order valence-corrected chi connectivity index (χ4v) is 4.01. The van der Waals surface area contributed by atoms with Gasteiger partial charge in [0, 0.05) is 6.54 Å². The van der Waals surface area contributed by atoms with E-state index in [9.17, 15) is 8.42 Å². The predicted molar refractivity (Wildman–Crippen MR) is 85.5 cm³/mol. The summed E-state index contributed by atoms with van der Waals surface area (Å²) >= 11 is 0. The van der Waals surface area contributed by atoms with Crippen molar-refractivity contribution in [1.82, 2.24) is 4.90 Å². The summed E-state index contributed by atoms with van der Waals surface area (Å²) in [5.41, 5.74) is 0.0542. The predicted octanol–water partition coefficient (Wildman–Crippen LogP) is 3.15. The Hall–Kier alpha value is -0.130. The molecule has 5 heteroatoms. The van der Waals surface area contributed by atoms with Gasteiger partial charge in [0.05, 0.1) is 5.75 Å². The van der Waals surface area contributed by atoms with E-state index in [2.05, 4.69) is 39.8 Å². The molecule has 0 saturated carbocycles. The molecule has 0 heterocycles. The fraction of sp³-hybridized carbons (Fsp3) is 1.00. The van der Waals surface area contributed by atoms with Crippen molar-refractivity contribution in [1.29, 1.82) is 0 Å². The number of rotatable bonds is 9. The second-order valence-corrected chi connectivity index (χ2v) is 8.81. The molecule has 0 aromatic carbocycles. The molecule has 0 aliphatic heterocycles. The van der Waals surface area contributed by atoms with Crippen LogP contribution in [0.3, 0.4) is 0 Å². The monoisotopic (exact) mass is 307 g/mol. The van der Waals surface area contributed by atoms with Gasteiger partial charge in [-0.1, -0.05) is 41.0 Å². The standard InChI is InChI=1S/C15H33NO3S/c1-8-14(10-16(6)7)15(4,5)9-13(12(2)3)11-20(17,18)19/h12-14H,8-11H2,1-7H3,(H,17,18,19). The largest absolute Gasteiger partial charge is 0.309 e. The molecular weight excluding hydrogens is 274 g/mol. The Labute approximate surface area is 125 Å². The lowest BCUT2D eigenvalue weighted by molar-refractivity contribution is 0.117. The van der Waals surface area contributed by atoms with E-state index in [1.54, 1.807) is 0 Å². The summed E-state index contributed by atoms with van der Waals surface area (Å²) < 4.78 is 31.5. The van der Waals surface area contributed by atoms with Crippen LogP contribution >= 0.6 is 0 Å². The average molecular weight is 308 g/mol. The molecule has 0 radical (unpaired) electrons. The maximum absolute atomic E-state index is 11.2. The lowest BCUT2D eigenvalue weighted by atomic mass is 9.70. The molecular formula is C15H33NO3S. The first-order valence-electron chi connectivity index (χ1n) is 7.49. The third-order valence-corrected chi connectivity index (χ3v) is 5.19. The highest BCUT2D eigenvalue weighted by Crippen LogP contribution is 2.38. The van der Waals surface area contributed by atoms with Crippen LogP contribution in [0, 0.1) is 23.2 Å². The van der Waals surface area contributed by atoms with Crippen LogP contribution in [0.5, 0.6) is 0 Å². The number of hydrogen-bond acceptors (Lipinski definition) is 3. The van der Waals surface area contributed by atoms with Crippen molar-refractivity contribution in [2.45, 2.75) is 47.5 Å². The lowest BCUT2D eigenvalue weighted by Crippen LogP contribution is -2.36. The van der Waals surface area contributed by atoms with E-state index in [0.29, 0.717) is 5.92 Å². The van der Waals surface area contributed by atoms with Crippen molar-refractivity contribution in [2.75, 3.05) is 26.4 Å². The van der Waals surface area contributed by atoms with E-state index in [1.165, 1.54) is 0 Å².